The number of para-hydroxylation sites is 1. The lowest BCUT2D eigenvalue weighted by molar-refractivity contribution is 0.156. The summed E-state index contributed by atoms with van der Waals surface area (Å²) in [6, 6.07) is 12.2. The average Bonchev–Trinajstić information content (AvgIpc) is 2.38. The minimum absolute atomic E-state index is 0.0865. The Morgan fingerprint density at radius 3 is 2.72 bits per heavy atom. The first kappa shape index (κ1) is 13.0. The van der Waals surface area contributed by atoms with E-state index in [2.05, 4.69) is 22.4 Å². The van der Waals surface area contributed by atoms with Gasteiger partial charge in [-0.3, -0.25) is 4.98 Å². The van der Waals surface area contributed by atoms with Crippen LogP contribution in [0.25, 0.3) is 10.9 Å². The molecule has 0 aliphatic rings. The van der Waals surface area contributed by atoms with Crippen LogP contribution in [-0.4, -0.2) is 23.2 Å². The Kier molecular flexibility index (Phi) is 3.94. The van der Waals surface area contributed by atoms with Crippen LogP contribution in [0, 0.1) is 5.41 Å². The van der Waals surface area contributed by atoms with E-state index in [-0.39, 0.29) is 12.0 Å². The molecule has 0 aliphatic heterocycles. The van der Waals surface area contributed by atoms with Gasteiger partial charge in [-0.25, -0.2) is 0 Å². The van der Waals surface area contributed by atoms with Crippen molar-refractivity contribution >= 4 is 10.9 Å². The van der Waals surface area contributed by atoms with Crippen LogP contribution in [0.4, 0.5) is 0 Å². The summed E-state index contributed by atoms with van der Waals surface area (Å²) in [5.41, 5.74) is 1.97. The predicted octanol–water partition coefficient (Wildman–Crippen LogP) is 2.34. The number of rotatable bonds is 5. The van der Waals surface area contributed by atoms with Gasteiger partial charge < -0.3 is 10.4 Å². The van der Waals surface area contributed by atoms with Gasteiger partial charge in [-0.1, -0.05) is 38.1 Å². The summed E-state index contributed by atoms with van der Waals surface area (Å²) in [7, 11) is 0. The van der Waals surface area contributed by atoms with Gasteiger partial charge in [0.2, 0.25) is 0 Å². The summed E-state index contributed by atoms with van der Waals surface area (Å²) in [5, 5.41) is 13.7. The number of aliphatic hydroxyl groups is 1. The largest absolute Gasteiger partial charge is 0.396 e. The molecule has 96 valence electrons. The van der Waals surface area contributed by atoms with Crippen molar-refractivity contribution in [2.24, 2.45) is 5.41 Å². The number of nitrogens with one attached hydrogen (secondary N) is 1. The number of nitrogens with zero attached hydrogens (tertiary/aromatic N) is 1. The van der Waals surface area contributed by atoms with E-state index in [0.717, 1.165) is 29.7 Å². The molecule has 3 heteroatoms. The van der Waals surface area contributed by atoms with Crippen LogP contribution in [0.3, 0.4) is 0 Å². The van der Waals surface area contributed by atoms with Crippen molar-refractivity contribution in [1.82, 2.24) is 10.3 Å². The zero-order chi connectivity index (χ0) is 13.0. The minimum Gasteiger partial charge on any atom is -0.396 e. The van der Waals surface area contributed by atoms with E-state index in [1.165, 1.54) is 0 Å². The van der Waals surface area contributed by atoms with E-state index < -0.39 is 0 Å². The highest BCUT2D eigenvalue weighted by Crippen LogP contribution is 2.13. The Morgan fingerprint density at radius 2 is 1.94 bits per heavy atom. The summed E-state index contributed by atoms with van der Waals surface area (Å²) < 4.78 is 0. The van der Waals surface area contributed by atoms with Gasteiger partial charge in [0.25, 0.3) is 0 Å². The predicted molar refractivity (Wildman–Crippen MR) is 74.3 cm³/mol. The molecule has 0 fully saturated rings. The fourth-order valence-electron chi connectivity index (χ4n) is 1.79. The third kappa shape index (κ3) is 3.28. The Hall–Kier alpha value is -1.45. The second-order valence-electron chi connectivity index (χ2n) is 5.42. The van der Waals surface area contributed by atoms with Crippen molar-refractivity contribution < 1.29 is 5.11 Å². The number of pyridine rings is 1. The maximum Gasteiger partial charge on any atom is 0.0705 e. The van der Waals surface area contributed by atoms with Crippen LogP contribution >= 0.6 is 0 Å². The first-order valence-electron chi connectivity index (χ1n) is 6.27. The first-order valence-corrected chi connectivity index (χ1v) is 6.27. The van der Waals surface area contributed by atoms with E-state index in [1.54, 1.807) is 0 Å². The smallest absolute Gasteiger partial charge is 0.0705 e. The van der Waals surface area contributed by atoms with Crippen LogP contribution in [0.5, 0.6) is 0 Å². The van der Waals surface area contributed by atoms with Gasteiger partial charge in [0, 0.05) is 30.5 Å². The second kappa shape index (κ2) is 5.46. The highest BCUT2D eigenvalue weighted by Gasteiger charge is 2.15. The Morgan fingerprint density at radius 1 is 1.17 bits per heavy atom. The van der Waals surface area contributed by atoms with Gasteiger partial charge in [0.1, 0.15) is 0 Å². The number of hydrogen-bond acceptors (Lipinski definition) is 3. The van der Waals surface area contributed by atoms with Gasteiger partial charge >= 0.3 is 0 Å². The van der Waals surface area contributed by atoms with E-state index >= 15 is 0 Å². The number of aromatic nitrogens is 1. The Labute approximate surface area is 108 Å². The standard InChI is InChI=1S/C15H20N2O/c1-15(2,11-18)10-16-9-13-8-7-12-5-3-4-6-14(12)17-13/h3-8,16,18H,9-11H2,1-2H3. The molecule has 1 heterocycles. The molecule has 0 bridgehead atoms. The number of aliphatic hydroxyl groups excluding tert-OH is 1. The maximum atomic E-state index is 9.18. The first-order chi connectivity index (χ1) is 8.61. The molecule has 0 amide bonds. The molecule has 0 unspecified atom stereocenters. The lowest BCUT2D eigenvalue weighted by Gasteiger charge is -2.21. The summed E-state index contributed by atoms with van der Waals surface area (Å²) in [6.07, 6.45) is 0. The van der Waals surface area contributed by atoms with Crippen LogP contribution in [0.1, 0.15) is 19.5 Å². The molecule has 0 atom stereocenters. The molecular formula is C15H20N2O. The molecule has 0 saturated heterocycles. The van der Waals surface area contributed by atoms with Crippen molar-refractivity contribution in [3.05, 3.63) is 42.1 Å². The molecule has 2 aromatic rings. The van der Waals surface area contributed by atoms with Gasteiger partial charge in [-0.2, -0.15) is 0 Å². The number of fused-ring (bicyclic) bond motifs is 1. The third-order valence-corrected chi connectivity index (χ3v) is 2.99. The maximum absolute atomic E-state index is 9.18. The van der Waals surface area contributed by atoms with E-state index in [4.69, 9.17) is 0 Å². The molecule has 0 spiro atoms. The Bertz CT molecular complexity index is 523. The van der Waals surface area contributed by atoms with Crippen molar-refractivity contribution in [3.63, 3.8) is 0 Å². The number of benzene rings is 1. The molecule has 0 aliphatic carbocycles. The highest BCUT2D eigenvalue weighted by molar-refractivity contribution is 5.78. The van der Waals surface area contributed by atoms with Gasteiger partial charge in [-0.05, 0) is 12.1 Å². The van der Waals surface area contributed by atoms with Gasteiger partial charge in [0.05, 0.1) is 11.2 Å². The third-order valence-electron chi connectivity index (χ3n) is 2.99. The fraction of sp³-hybridized carbons (Fsp3) is 0.400. The topological polar surface area (TPSA) is 45.1 Å². The summed E-state index contributed by atoms with van der Waals surface area (Å²) in [4.78, 5) is 4.60. The summed E-state index contributed by atoms with van der Waals surface area (Å²) in [6.45, 7) is 5.76. The van der Waals surface area contributed by atoms with E-state index in [0.29, 0.717) is 0 Å². The molecular weight excluding hydrogens is 224 g/mol. The molecule has 1 aromatic heterocycles. The van der Waals surface area contributed by atoms with E-state index in [9.17, 15) is 5.11 Å². The van der Waals surface area contributed by atoms with Gasteiger partial charge in [-0.15, -0.1) is 0 Å². The van der Waals surface area contributed by atoms with E-state index in [1.807, 2.05) is 38.1 Å². The van der Waals surface area contributed by atoms with Crippen LogP contribution in [0.15, 0.2) is 36.4 Å². The molecule has 0 saturated carbocycles. The normalized spacial score (nSPS) is 11.9. The van der Waals surface area contributed by atoms with Crippen LogP contribution < -0.4 is 5.32 Å². The molecule has 2 N–H and O–H groups in total. The zero-order valence-electron chi connectivity index (χ0n) is 11.0. The number of hydrogen-bond donors (Lipinski definition) is 2. The van der Waals surface area contributed by atoms with Crippen LogP contribution in [-0.2, 0) is 6.54 Å². The quantitative estimate of drug-likeness (QED) is 0.848. The van der Waals surface area contributed by atoms with Crippen molar-refractivity contribution in [2.45, 2.75) is 20.4 Å². The average molecular weight is 244 g/mol. The molecule has 18 heavy (non-hydrogen) atoms. The summed E-state index contributed by atoms with van der Waals surface area (Å²) >= 11 is 0. The molecule has 1 aromatic carbocycles. The van der Waals surface area contributed by atoms with Crippen molar-refractivity contribution in [2.75, 3.05) is 13.2 Å². The zero-order valence-corrected chi connectivity index (χ0v) is 11.0. The minimum atomic E-state index is -0.0865. The second-order valence-corrected chi connectivity index (χ2v) is 5.42. The fourth-order valence-corrected chi connectivity index (χ4v) is 1.79. The lowest BCUT2D eigenvalue weighted by atomic mass is 9.95. The van der Waals surface area contributed by atoms with Crippen LogP contribution in [0.2, 0.25) is 0 Å². The van der Waals surface area contributed by atoms with Gasteiger partial charge in [0.15, 0.2) is 0 Å². The SMILES string of the molecule is CC(C)(CO)CNCc1ccc2ccccc2n1. The molecule has 2 rings (SSSR count). The lowest BCUT2D eigenvalue weighted by Crippen LogP contribution is -2.32. The molecule has 3 nitrogen and oxygen atoms in total. The monoisotopic (exact) mass is 244 g/mol. The Balaban J connectivity index is 2.00. The summed E-state index contributed by atoms with van der Waals surface area (Å²) in [5.74, 6) is 0. The van der Waals surface area contributed by atoms with Crippen molar-refractivity contribution in [1.29, 1.82) is 0 Å². The van der Waals surface area contributed by atoms with Crippen molar-refractivity contribution in [3.8, 4) is 0 Å². The molecule has 0 radical (unpaired) electrons. The highest BCUT2D eigenvalue weighted by atomic mass is 16.3.